The maximum atomic E-state index is 9.53. The van der Waals surface area contributed by atoms with Crippen molar-refractivity contribution >= 4 is 8.32 Å². The zero-order valence-electron chi connectivity index (χ0n) is 10.6. The molecular weight excluding hydrogens is 206 g/mol. The van der Waals surface area contributed by atoms with Gasteiger partial charge in [-0.15, -0.1) is 0 Å². The van der Waals surface area contributed by atoms with E-state index in [9.17, 15) is 5.11 Å². The number of nitrogens with two attached hydrogens (primary N) is 1. The molecule has 0 aromatic heterocycles. The van der Waals surface area contributed by atoms with Gasteiger partial charge in [0.1, 0.15) is 0 Å². The highest BCUT2D eigenvalue weighted by Gasteiger charge is 2.42. The molecule has 0 radical (unpaired) electrons. The van der Waals surface area contributed by atoms with Crippen LogP contribution in [-0.4, -0.2) is 31.7 Å². The molecule has 0 aromatic carbocycles. The van der Waals surface area contributed by atoms with Gasteiger partial charge < -0.3 is 15.3 Å². The second kappa shape index (κ2) is 4.16. The smallest absolute Gasteiger partial charge is 0.192 e. The average Bonchev–Trinajstić information content (AvgIpc) is 2.26. The lowest BCUT2D eigenvalue weighted by Gasteiger charge is -2.39. The van der Waals surface area contributed by atoms with E-state index in [0.29, 0.717) is 12.8 Å². The standard InChI is InChI=1S/C11H25NO2Si/c1-11(2,3)15(4,5)14-10-7-8(13)6-9(10)12/h8-10,13H,6-7,12H2,1-5H3. The van der Waals surface area contributed by atoms with Gasteiger partial charge in [-0.1, -0.05) is 20.8 Å². The summed E-state index contributed by atoms with van der Waals surface area (Å²) in [5.74, 6) is 0. The van der Waals surface area contributed by atoms with Crippen molar-refractivity contribution in [2.75, 3.05) is 0 Å². The van der Waals surface area contributed by atoms with Crippen LogP contribution in [0.15, 0.2) is 0 Å². The molecule has 0 bridgehead atoms. The van der Waals surface area contributed by atoms with Crippen molar-refractivity contribution < 1.29 is 9.53 Å². The van der Waals surface area contributed by atoms with E-state index in [1.54, 1.807) is 0 Å². The van der Waals surface area contributed by atoms with Crippen LogP contribution in [0.25, 0.3) is 0 Å². The summed E-state index contributed by atoms with van der Waals surface area (Å²) in [5, 5.41) is 9.73. The second-order valence-electron chi connectivity index (χ2n) is 6.21. The first kappa shape index (κ1) is 13.2. The molecule has 1 aliphatic carbocycles. The lowest BCUT2D eigenvalue weighted by atomic mass is 10.2. The van der Waals surface area contributed by atoms with Gasteiger partial charge in [0.05, 0.1) is 12.2 Å². The van der Waals surface area contributed by atoms with Gasteiger partial charge >= 0.3 is 0 Å². The van der Waals surface area contributed by atoms with Crippen LogP contribution in [0.2, 0.25) is 18.1 Å². The van der Waals surface area contributed by atoms with Crippen molar-refractivity contribution in [1.29, 1.82) is 0 Å². The first-order valence-corrected chi connectivity index (χ1v) is 8.66. The molecule has 3 unspecified atom stereocenters. The number of hydrogen-bond donors (Lipinski definition) is 2. The third kappa shape index (κ3) is 3.03. The van der Waals surface area contributed by atoms with Gasteiger partial charge in [-0.25, -0.2) is 0 Å². The number of aliphatic hydroxyl groups is 1. The van der Waals surface area contributed by atoms with E-state index in [0.717, 1.165) is 0 Å². The summed E-state index contributed by atoms with van der Waals surface area (Å²) in [6.07, 6.45) is 1.17. The zero-order valence-corrected chi connectivity index (χ0v) is 11.6. The maximum Gasteiger partial charge on any atom is 0.192 e. The fraction of sp³-hybridized carbons (Fsp3) is 1.00. The molecule has 15 heavy (non-hydrogen) atoms. The van der Waals surface area contributed by atoms with E-state index in [1.165, 1.54) is 0 Å². The summed E-state index contributed by atoms with van der Waals surface area (Å²) in [7, 11) is -1.73. The van der Waals surface area contributed by atoms with Gasteiger partial charge in [0.15, 0.2) is 8.32 Å². The molecule has 90 valence electrons. The summed E-state index contributed by atoms with van der Waals surface area (Å²) in [5.41, 5.74) is 5.96. The largest absolute Gasteiger partial charge is 0.412 e. The van der Waals surface area contributed by atoms with Gasteiger partial charge in [0, 0.05) is 6.04 Å². The van der Waals surface area contributed by atoms with Gasteiger partial charge in [0.25, 0.3) is 0 Å². The third-order valence-corrected chi connectivity index (χ3v) is 8.28. The Morgan fingerprint density at radius 3 is 2.13 bits per heavy atom. The fourth-order valence-corrected chi connectivity index (χ4v) is 3.08. The van der Waals surface area contributed by atoms with Crippen molar-refractivity contribution in [3.05, 3.63) is 0 Å². The van der Waals surface area contributed by atoms with Crippen LogP contribution in [0.1, 0.15) is 33.6 Å². The molecule has 3 N–H and O–H groups in total. The van der Waals surface area contributed by atoms with Gasteiger partial charge in [-0.3, -0.25) is 0 Å². The zero-order chi connectivity index (χ0) is 11.9. The van der Waals surface area contributed by atoms with Gasteiger partial charge in [0.2, 0.25) is 0 Å². The van der Waals surface area contributed by atoms with Crippen LogP contribution in [0.5, 0.6) is 0 Å². The SMILES string of the molecule is CC(C)(C)[Si](C)(C)OC1CC(O)CC1N. The second-order valence-corrected chi connectivity index (χ2v) is 11.0. The lowest BCUT2D eigenvalue weighted by molar-refractivity contribution is 0.138. The van der Waals surface area contributed by atoms with Crippen molar-refractivity contribution in [2.45, 2.75) is 70.0 Å². The Kier molecular flexibility index (Phi) is 3.65. The van der Waals surface area contributed by atoms with E-state index in [4.69, 9.17) is 10.2 Å². The molecule has 3 atom stereocenters. The van der Waals surface area contributed by atoms with Crippen LogP contribution in [0, 0.1) is 0 Å². The highest BCUT2D eigenvalue weighted by Crippen LogP contribution is 2.39. The van der Waals surface area contributed by atoms with Crippen LogP contribution in [-0.2, 0) is 4.43 Å². The van der Waals surface area contributed by atoms with Gasteiger partial charge in [-0.05, 0) is 31.0 Å². The Hall–Kier alpha value is 0.0969. The fourth-order valence-electron chi connectivity index (χ4n) is 1.70. The minimum absolute atomic E-state index is 0.00845. The minimum atomic E-state index is -1.73. The topological polar surface area (TPSA) is 55.5 Å². The highest BCUT2D eigenvalue weighted by molar-refractivity contribution is 6.74. The van der Waals surface area contributed by atoms with Gasteiger partial charge in [-0.2, -0.15) is 0 Å². The Bertz CT molecular complexity index is 225. The molecule has 0 saturated heterocycles. The molecule has 1 saturated carbocycles. The Morgan fingerprint density at radius 2 is 1.80 bits per heavy atom. The molecule has 0 aromatic rings. The van der Waals surface area contributed by atoms with E-state index in [-0.39, 0.29) is 23.3 Å². The summed E-state index contributed by atoms with van der Waals surface area (Å²) in [6.45, 7) is 11.1. The van der Waals surface area contributed by atoms with Crippen LogP contribution in [0.3, 0.4) is 0 Å². The first-order chi connectivity index (χ1) is 6.63. The molecule has 1 fully saturated rings. The summed E-state index contributed by atoms with van der Waals surface area (Å²) in [4.78, 5) is 0. The van der Waals surface area contributed by atoms with Crippen LogP contribution in [0.4, 0.5) is 0 Å². The molecule has 1 aliphatic rings. The molecule has 4 heteroatoms. The van der Waals surface area contributed by atoms with Crippen molar-refractivity contribution in [3.8, 4) is 0 Å². The highest BCUT2D eigenvalue weighted by atomic mass is 28.4. The first-order valence-electron chi connectivity index (χ1n) is 5.75. The molecule has 0 heterocycles. The molecule has 1 rings (SSSR count). The molecule has 0 amide bonds. The predicted octanol–water partition coefficient (Wildman–Crippen LogP) is 1.86. The van der Waals surface area contributed by atoms with E-state index < -0.39 is 8.32 Å². The molecule has 0 spiro atoms. The van der Waals surface area contributed by atoms with Crippen LogP contribution < -0.4 is 5.73 Å². The van der Waals surface area contributed by atoms with Crippen molar-refractivity contribution in [2.24, 2.45) is 5.73 Å². The number of rotatable bonds is 2. The summed E-state index contributed by atoms with van der Waals surface area (Å²) < 4.78 is 6.20. The van der Waals surface area contributed by atoms with Crippen molar-refractivity contribution in [3.63, 3.8) is 0 Å². The van der Waals surface area contributed by atoms with E-state index in [2.05, 4.69) is 33.9 Å². The summed E-state index contributed by atoms with van der Waals surface area (Å²) in [6, 6.07) is 0.00845. The lowest BCUT2D eigenvalue weighted by Crippen LogP contribution is -2.47. The maximum absolute atomic E-state index is 9.53. The third-order valence-electron chi connectivity index (χ3n) is 3.78. The molecular formula is C11H25NO2Si. The normalized spacial score (nSPS) is 33.4. The average molecular weight is 231 g/mol. The van der Waals surface area contributed by atoms with E-state index in [1.807, 2.05) is 0 Å². The Labute approximate surface area is 94.1 Å². The minimum Gasteiger partial charge on any atom is -0.412 e. The Morgan fingerprint density at radius 1 is 1.27 bits per heavy atom. The number of aliphatic hydroxyl groups excluding tert-OH is 1. The molecule has 0 aliphatic heterocycles. The van der Waals surface area contributed by atoms with E-state index >= 15 is 0 Å². The quantitative estimate of drug-likeness (QED) is 0.713. The number of hydrogen-bond acceptors (Lipinski definition) is 3. The molecule has 3 nitrogen and oxygen atoms in total. The Balaban J connectivity index is 2.62. The summed E-state index contributed by atoms with van der Waals surface area (Å²) >= 11 is 0. The predicted molar refractivity (Wildman–Crippen MR) is 65.3 cm³/mol. The van der Waals surface area contributed by atoms with Crippen molar-refractivity contribution in [1.82, 2.24) is 0 Å². The van der Waals surface area contributed by atoms with Crippen LogP contribution >= 0.6 is 0 Å². The monoisotopic (exact) mass is 231 g/mol.